The number of furan rings is 1. The summed E-state index contributed by atoms with van der Waals surface area (Å²) < 4.78 is 41.1. The largest absolute Gasteiger partial charge is 0.477 e. The molecule has 7 heteroatoms. The highest BCUT2D eigenvalue weighted by molar-refractivity contribution is 7.20. The van der Waals surface area contributed by atoms with Crippen molar-refractivity contribution in [2.45, 2.75) is 6.18 Å². The number of hydrogen-bond acceptors (Lipinski definition) is 3. The number of alkyl halides is 3. The van der Waals surface area contributed by atoms with Gasteiger partial charge in [0.05, 0.1) is 4.70 Å². The molecule has 0 fully saturated rings. The molecule has 0 bridgehead atoms. The van der Waals surface area contributed by atoms with Crippen LogP contribution in [0.3, 0.4) is 0 Å². The Morgan fingerprint density at radius 1 is 1.40 bits per heavy atom. The quantitative estimate of drug-likeness (QED) is 0.827. The van der Waals surface area contributed by atoms with Crippen molar-refractivity contribution in [2.24, 2.45) is 0 Å². The van der Waals surface area contributed by atoms with E-state index in [0.717, 1.165) is 23.5 Å². The molecule has 0 aliphatic rings. The van der Waals surface area contributed by atoms with E-state index in [-0.39, 0.29) is 15.2 Å². The number of thiophene rings is 1. The molecular weight excluding hydrogens is 233 g/mol. The number of carboxylic acids is 1. The molecule has 0 radical (unpaired) electrons. The molecule has 2 aromatic rings. The molecule has 0 atom stereocenters. The van der Waals surface area contributed by atoms with Crippen molar-refractivity contribution in [1.29, 1.82) is 0 Å². The van der Waals surface area contributed by atoms with Crippen molar-refractivity contribution in [3.8, 4) is 0 Å². The summed E-state index contributed by atoms with van der Waals surface area (Å²) in [6.45, 7) is 0. The number of halogens is 3. The predicted molar refractivity (Wildman–Crippen MR) is 46.1 cm³/mol. The van der Waals surface area contributed by atoms with Crippen molar-refractivity contribution in [3.05, 3.63) is 22.8 Å². The zero-order valence-electron chi connectivity index (χ0n) is 6.96. The lowest BCUT2D eigenvalue weighted by molar-refractivity contribution is -0.152. The van der Waals surface area contributed by atoms with E-state index >= 15 is 0 Å². The van der Waals surface area contributed by atoms with E-state index in [2.05, 4.69) is 4.42 Å². The van der Waals surface area contributed by atoms with E-state index in [1.807, 2.05) is 0 Å². The molecule has 3 nitrogen and oxygen atoms in total. The summed E-state index contributed by atoms with van der Waals surface area (Å²) in [5.74, 6) is -2.29. The Morgan fingerprint density at radius 3 is 2.53 bits per heavy atom. The van der Waals surface area contributed by atoms with Gasteiger partial charge in [0.25, 0.3) is 0 Å². The van der Waals surface area contributed by atoms with Crippen molar-refractivity contribution in [1.82, 2.24) is 0 Å². The third-order valence-electron chi connectivity index (χ3n) is 1.70. The Hall–Kier alpha value is -1.50. The number of carboxylic acid groups (broad SMARTS) is 1. The zero-order valence-corrected chi connectivity index (χ0v) is 7.78. The van der Waals surface area contributed by atoms with Crippen LogP contribution in [0, 0.1) is 0 Å². The summed E-state index contributed by atoms with van der Waals surface area (Å²) in [7, 11) is 0. The molecule has 1 N–H and O–H groups in total. The maximum atomic E-state index is 12.2. The first-order valence-corrected chi connectivity index (χ1v) is 4.53. The van der Waals surface area contributed by atoms with Crippen LogP contribution in [-0.4, -0.2) is 11.1 Å². The van der Waals surface area contributed by atoms with Gasteiger partial charge in [-0.3, -0.25) is 0 Å². The van der Waals surface area contributed by atoms with Crippen LogP contribution in [0.1, 0.15) is 15.4 Å². The third kappa shape index (κ3) is 1.70. The lowest BCUT2D eigenvalue weighted by atomic mass is 10.4. The highest BCUT2D eigenvalue weighted by Gasteiger charge is 2.35. The average Bonchev–Trinajstić information content (AvgIpc) is 2.55. The fourth-order valence-electron chi connectivity index (χ4n) is 1.08. The maximum Gasteiger partial charge on any atom is 0.449 e. The summed E-state index contributed by atoms with van der Waals surface area (Å²) in [5.41, 5.74) is -0.0512. The SMILES string of the molecule is O=C(O)c1cc2oc(C(F)(F)F)cc2s1. The average molecular weight is 236 g/mol. The van der Waals surface area contributed by atoms with Gasteiger partial charge in [-0.25, -0.2) is 4.79 Å². The molecule has 0 aliphatic carbocycles. The standard InChI is InChI=1S/C8H3F3O3S/c9-8(10,11)6-2-4-3(14-6)1-5(15-4)7(12)13/h1-2H,(H,12,13). The fourth-order valence-corrected chi connectivity index (χ4v) is 1.94. The van der Waals surface area contributed by atoms with Gasteiger partial charge < -0.3 is 9.52 Å². The van der Waals surface area contributed by atoms with Crippen LogP contribution in [0.25, 0.3) is 10.3 Å². The monoisotopic (exact) mass is 236 g/mol. The van der Waals surface area contributed by atoms with Crippen molar-refractivity contribution < 1.29 is 27.5 Å². The fraction of sp³-hybridized carbons (Fsp3) is 0.125. The van der Waals surface area contributed by atoms with E-state index in [1.54, 1.807) is 0 Å². The lowest BCUT2D eigenvalue weighted by Crippen LogP contribution is -2.01. The second-order valence-corrected chi connectivity index (χ2v) is 3.84. The van der Waals surface area contributed by atoms with Crippen LogP contribution in [0.4, 0.5) is 13.2 Å². The number of rotatable bonds is 1. The smallest absolute Gasteiger partial charge is 0.449 e. The molecule has 0 unspecified atom stereocenters. The van der Waals surface area contributed by atoms with Crippen LogP contribution in [-0.2, 0) is 6.18 Å². The second-order valence-electron chi connectivity index (χ2n) is 2.75. The first-order valence-electron chi connectivity index (χ1n) is 3.72. The van der Waals surface area contributed by atoms with Gasteiger partial charge >= 0.3 is 12.1 Å². The topological polar surface area (TPSA) is 50.4 Å². The van der Waals surface area contributed by atoms with Crippen molar-refractivity contribution >= 4 is 27.6 Å². The molecule has 0 saturated heterocycles. The minimum absolute atomic E-state index is 0.0440. The van der Waals surface area contributed by atoms with E-state index in [4.69, 9.17) is 5.11 Å². The highest BCUT2D eigenvalue weighted by atomic mass is 32.1. The van der Waals surface area contributed by atoms with Crippen LogP contribution in [0.2, 0.25) is 0 Å². The lowest BCUT2D eigenvalue weighted by Gasteiger charge is -1.99. The molecule has 2 rings (SSSR count). The Morgan fingerprint density at radius 2 is 2.07 bits per heavy atom. The molecule has 2 heterocycles. The molecule has 15 heavy (non-hydrogen) atoms. The van der Waals surface area contributed by atoms with E-state index in [0.29, 0.717) is 0 Å². The Bertz CT molecular complexity index is 491. The van der Waals surface area contributed by atoms with Crippen LogP contribution in [0.15, 0.2) is 16.5 Å². The molecule has 80 valence electrons. The van der Waals surface area contributed by atoms with Gasteiger partial charge in [0.1, 0.15) is 10.5 Å². The number of hydrogen-bond donors (Lipinski definition) is 1. The van der Waals surface area contributed by atoms with Gasteiger partial charge in [-0.05, 0) is 0 Å². The number of aromatic carboxylic acids is 1. The Kier molecular flexibility index (Phi) is 2.00. The molecule has 0 amide bonds. The van der Waals surface area contributed by atoms with Crippen LogP contribution >= 0.6 is 11.3 Å². The highest BCUT2D eigenvalue weighted by Crippen LogP contribution is 2.36. The maximum absolute atomic E-state index is 12.2. The van der Waals surface area contributed by atoms with E-state index < -0.39 is 17.9 Å². The first-order chi connectivity index (χ1) is 6.88. The van der Waals surface area contributed by atoms with Gasteiger partial charge in [0.15, 0.2) is 0 Å². The molecule has 0 spiro atoms. The molecule has 0 aromatic carbocycles. The summed E-state index contributed by atoms with van der Waals surface area (Å²) in [6, 6.07) is 1.88. The van der Waals surface area contributed by atoms with Crippen LogP contribution < -0.4 is 0 Å². The van der Waals surface area contributed by atoms with Gasteiger partial charge in [-0.2, -0.15) is 13.2 Å². The van der Waals surface area contributed by atoms with Gasteiger partial charge in [0, 0.05) is 12.1 Å². The van der Waals surface area contributed by atoms with E-state index in [1.165, 1.54) is 0 Å². The number of carbonyl (C=O) groups is 1. The normalized spacial score (nSPS) is 12.2. The third-order valence-corrected chi connectivity index (χ3v) is 2.75. The minimum atomic E-state index is -4.54. The first kappa shape index (κ1) is 10.0. The van der Waals surface area contributed by atoms with Gasteiger partial charge in [0.2, 0.25) is 5.76 Å². The van der Waals surface area contributed by atoms with Crippen molar-refractivity contribution in [2.75, 3.05) is 0 Å². The molecule has 0 saturated carbocycles. The van der Waals surface area contributed by atoms with E-state index in [9.17, 15) is 18.0 Å². The number of fused-ring (bicyclic) bond motifs is 1. The van der Waals surface area contributed by atoms with Gasteiger partial charge in [-0.1, -0.05) is 0 Å². The Labute approximate surface area is 84.7 Å². The predicted octanol–water partition coefficient (Wildman–Crippen LogP) is 3.21. The zero-order chi connectivity index (χ0) is 11.2. The Balaban J connectivity index is 2.52. The summed E-state index contributed by atoms with van der Waals surface area (Å²) in [6.07, 6.45) is -4.54. The second kappa shape index (κ2) is 2.99. The molecule has 0 aliphatic heterocycles. The summed E-state index contributed by atoms with van der Waals surface area (Å²) in [4.78, 5) is 10.5. The minimum Gasteiger partial charge on any atom is -0.477 e. The molecular formula is C8H3F3O3S. The summed E-state index contributed by atoms with van der Waals surface area (Å²) >= 11 is 0.749. The van der Waals surface area contributed by atoms with Crippen LogP contribution in [0.5, 0.6) is 0 Å². The van der Waals surface area contributed by atoms with Gasteiger partial charge in [-0.15, -0.1) is 11.3 Å². The molecule has 2 aromatic heterocycles. The van der Waals surface area contributed by atoms with Crippen molar-refractivity contribution in [3.63, 3.8) is 0 Å². The summed E-state index contributed by atoms with van der Waals surface area (Å²) in [5, 5.41) is 8.58.